The maximum atomic E-state index is 12.8. The monoisotopic (exact) mass is 417 g/mol. The van der Waals surface area contributed by atoms with Gasteiger partial charge < -0.3 is 9.84 Å². The number of benzene rings is 2. The first-order valence-electron chi connectivity index (χ1n) is 8.43. The van der Waals surface area contributed by atoms with Crippen LogP contribution in [0.15, 0.2) is 67.0 Å². The Hall–Kier alpha value is -4.08. The van der Waals surface area contributed by atoms with Gasteiger partial charge in [-0.2, -0.15) is 13.2 Å². The molecule has 0 aliphatic heterocycles. The van der Waals surface area contributed by atoms with E-state index in [0.29, 0.717) is 17.6 Å². The number of aromatic nitrogens is 1. The van der Waals surface area contributed by atoms with Crippen LogP contribution in [0.3, 0.4) is 0 Å². The van der Waals surface area contributed by atoms with Crippen molar-refractivity contribution in [2.24, 2.45) is 0 Å². The Morgan fingerprint density at radius 3 is 2.13 bits per heavy atom. The van der Waals surface area contributed by atoms with Crippen molar-refractivity contribution in [1.82, 2.24) is 15.8 Å². The van der Waals surface area contributed by atoms with Crippen molar-refractivity contribution in [3.63, 3.8) is 0 Å². The number of carbonyl (C=O) groups excluding carboxylic acids is 2. The van der Waals surface area contributed by atoms with E-state index < -0.39 is 34.9 Å². The van der Waals surface area contributed by atoms with Gasteiger partial charge >= 0.3 is 6.18 Å². The predicted molar refractivity (Wildman–Crippen MR) is 98.8 cm³/mol. The number of aromatic hydroxyl groups is 1. The van der Waals surface area contributed by atoms with E-state index >= 15 is 0 Å². The standard InChI is InChI=1S/C20H14F3N3O4/c21-20(22,23)16-11-13(4-5-17(16)27)19(29)26-25-18(28)12-2-1-3-15(10-12)30-14-6-8-24-9-7-14/h1-11,27H,(H,25,28)(H,26,29). The van der Waals surface area contributed by atoms with Crippen LogP contribution in [0.2, 0.25) is 0 Å². The number of pyridine rings is 1. The van der Waals surface area contributed by atoms with E-state index in [1.807, 2.05) is 5.43 Å². The predicted octanol–water partition coefficient (Wildman–Crippen LogP) is 3.67. The van der Waals surface area contributed by atoms with Crippen LogP contribution in [-0.4, -0.2) is 21.9 Å². The quantitative estimate of drug-likeness (QED) is 0.563. The van der Waals surface area contributed by atoms with Gasteiger partial charge in [0.05, 0.1) is 5.56 Å². The van der Waals surface area contributed by atoms with Crippen LogP contribution >= 0.6 is 0 Å². The van der Waals surface area contributed by atoms with Crippen molar-refractivity contribution >= 4 is 11.8 Å². The lowest BCUT2D eigenvalue weighted by atomic mass is 10.1. The Morgan fingerprint density at radius 1 is 0.867 bits per heavy atom. The summed E-state index contributed by atoms with van der Waals surface area (Å²) in [5.41, 5.74) is 2.53. The number of hydrogen-bond acceptors (Lipinski definition) is 5. The fourth-order valence-corrected chi connectivity index (χ4v) is 2.41. The van der Waals surface area contributed by atoms with Crippen LogP contribution in [0.1, 0.15) is 26.3 Å². The van der Waals surface area contributed by atoms with Gasteiger partial charge in [0.1, 0.15) is 17.2 Å². The molecule has 0 fully saturated rings. The number of phenols is 1. The third-order valence-electron chi connectivity index (χ3n) is 3.84. The van der Waals surface area contributed by atoms with Gasteiger partial charge in [-0.15, -0.1) is 0 Å². The smallest absolute Gasteiger partial charge is 0.419 e. The normalized spacial score (nSPS) is 10.9. The van der Waals surface area contributed by atoms with Crippen molar-refractivity contribution < 1.29 is 32.6 Å². The first-order valence-corrected chi connectivity index (χ1v) is 8.43. The van der Waals surface area contributed by atoms with Crippen LogP contribution in [0.4, 0.5) is 13.2 Å². The number of amides is 2. The maximum Gasteiger partial charge on any atom is 0.419 e. The molecule has 2 aromatic carbocycles. The number of rotatable bonds is 4. The Labute approximate surface area is 168 Å². The maximum absolute atomic E-state index is 12.8. The second-order valence-electron chi connectivity index (χ2n) is 5.95. The van der Waals surface area contributed by atoms with Crippen LogP contribution in [0.25, 0.3) is 0 Å². The van der Waals surface area contributed by atoms with Gasteiger partial charge in [-0.1, -0.05) is 6.07 Å². The Bertz CT molecular complexity index is 1070. The van der Waals surface area contributed by atoms with E-state index in [1.165, 1.54) is 24.5 Å². The molecular weight excluding hydrogens is 403 g/mol. The van der Waals surface area contributed by atoms with E-state index in [2.05, 4.69) is 10.4 Å². The first-order chi connectivity index (χ1) is 14.2. The molecule has 2 amide bonds. The molecule has 0 bridgehead atoms. The molecule has 1 aromatic heterocycles. The summed E-state index contributed by atoms with van der Waals surface area (Å²) >= 11 is 0. The molecule has 0 spiro atoms. The average Bonchev–Trinajstić information content (AvgIpc) is 2.72. The van der Waals surface area contributed by atoms with Crippen LogP contribution in [-0.2, 0) is 6.18 Å². The molecule has 30 heavy (non-hydrogen) atoms. The lowest BCUT2D eigenvalue weighted by molar-refractivity contribution is -0.138. The highest BCUT2D eigenvalue weighted by molar-refractivity contribution is 5.99. The summed E-state index contributed by atoms with van der Waals surface area (Å²) in [7, 11) is 0. The van der Waals surface area contributed by atoms with E-state index in [0.717, 1.165) is 12.1 Å². The lowest BCUT2D eigenvalue weighted by Crippen LogP contribution is -2.41. The van der Waals surface area contributed by atoms with Crippen molar-refractivity contribution in [3.05, 3.63) is 83.7 Å². The number of halogens is 3. The first kappa shape index (κ1) is 20.6. The zero-order chi connectivity index (χ0) is 21.7. The third kappa shape index (κ3) is 5.04. The minimum Gasteiger partial charge on any atom is -0.507 e. The molecule has 0 aliphatic carbocycles. The van der Waals surface area contributed by atoms with Crippen molar-refractivity contribution in [2.45, 2.75) is 6.18 Å². The zero-order valence-corrected chi connectivity index (χ0v) is 15.1. The van der Waals surface area contributed by atoms with Gasteiger partial charge in [-0.3, -0.25) is 25.4 Å². The fraction of sp³-hybridized carbons (Fsp3) is 0.0500. The molecule has 7 nitrogen and oxygen atoms in total. The van der Waals surface area contributed by atoms with E-state index in [-0.39, 0.29) is 5.56 Å². The molecule has 0 saturated carbocycles. The number of alkyl halides is 3. The van der Waals surface area contributed by atoms with Crippen molar-refractivity contribution in [2.75, 3.05) is 0 Å². The summed E-state index contributed by atoms with van der Waals surface area (Å²) < 4.78 is 44.1. The van der Waals surface area contributed by atoms with E-state index in [1.54, 1.807) is 24.3 Å². The molecule has 0 saturated heterocycles. The minimum atomic E-state index is -4.83. The largest absolute Gasteiger partial charge is 0.507 e. The SMILES string of the molecule is O=C(NNC(=O)c1ccc(O)c(C(F)(F)F)c1)c1cccc(Oc2ccncc2)c1. The number of nitrogens with one attached hydrogen (secondary N) is 2. The highest BCUT2D eigenvalue weighted by Gasteiger charge is 2.34. The summed E-state index contributed by atoms with van der Waals surface area (Å²) in [4.78, 5) is 28.2. The number of nitrogens with zero attached hydrogens (tertiary/aromatic N) is 1. The van der Waals surface area contributed by atoms with Gasteiger partial charge in [0, 0.05) is 23.5 Å². The summed E-state index contributed by atoms with van der Waals surface area (Å²) in [6, 6.07) is 11.5. The number of hydrogen-bond donors (Lipinski definition) is 3. The highest BCUT2D eigenvalue weighted by atomic mass is 19.4. The lowest BCUT2D eigenvalue weighted by Gasteiger charge is -2.12. The van der Waals surface area contributed by atoms with Gasteiger partial charge in [-0.05, 0) is 48.5 Å². The molecule has 10 heteroatoms. The third-order valence-corrected chi connectivity index (χ3v) is 3.84. The van der Waals surface area contributed by atoms with Crippen LogP contribution in [0.5, 0.6) is 17.2 Å². The molecule has 3 aromatic rings. The van der Waals surface area contributed by atoms with Crippen molar-refractivity contribution in [3.8, 4) is 17.2 Å². The van der Waals surface area contributed by atoms with Crippen molar-refractivity contribution in [1.29, 1.82) is 0 Å². The Kier molecular flexibility index (Phi) is 5.86. The highest BCUT2D eigenvalue weighted by Crippen LogP contribution is 2.36. The molecule has 3 rings (SSSR count). The molecule has 3 N–H and O–H groups in total. The van der Waals surface area contributed by atoms with Gasteiger partial charge in [-0.25, -0.2) is 0 Å². The second-order valence-corrected chi connectivity index (χ2v) is 5.95. The van der Waals surface area contributed by atoms with Crippen LogP contribution in [0, 0.1) is 0 Å². The second kappa shape index (κ2) is 8.52. The minimum absolute atomic E-state index is 0.142. The summed E-state index contributed by atoms with van der Waals surface area (Å²) in [5, 5.41) is 9.31. The topological polar surface area (TPSA) is 101 Å². The Morgan fingerprint density at radius 2 is 1.50 bits per heavy atom. The summed E-state index contributed by atoms with van der Waals surface area (Å²) in [6.45, 7) is 0. The number of hydrazine groups is 1. The zero-order valence-electron chi connectivity index (χ0n) is 15.1. The molecule has 0 unspecified atom stereocenters. The van der Waals surface area contributed by atoms with E-state index in [9.17, 15) is 27.9 Å². The number of carbonyl (C=O) groups is 2. The molecule has 0 aliphatic rings. The summed E-state index contributed by atoms with van der Waals surface area (Å²) in [5.74, 6) is -1.84. The average molecular weight is 417 g/mol. The van der Waals surface area contributed by atoms with E-state index in [4.69, 9.17) is 4.74 Å². The molecule has 1 heterocycles. The van der Waals surface area contributed by atoms with Gasteiger partial charge in [0.2, 0.25) is 0 Å². The molecule has 0 radical (unpaired) electrons. The number of ether oxygens (including phenoxy) is 1. The molecule has 0 atom stereocenters. The number of phenolic OH excluding ortho intramolecular Hbond substituents is 1. The van der Waals surface area contributed by atoms with Crippen LogP contribution < -0.4 is 15.6 Å². The molecule has 154 valence electrons. The fourth-order valence-electron chi connectivity index (χ4n) is 2.41. The van der Waals surface area contributed by atoms with Gasteiger partial charge in [0.25, 0.3) is 11.8 Å². The molecular formula is C20H14F3N3O4. The summed E-state index contributed by atoms with van der Waals surface area (Å²) in [6.07, 6.45) is -1.76. The van der Waals surface area contributed by atoms with Gasteiger partial charge in [0.15, 0.2) is 0 Å². The Balaban J connectivity index is 1.66.